The van der Waals surface area contributed by atoms with Gasteiger partial charge in [0.2, 0.25) is 11.8 Å². The van der Waals surface area contributed by atoms with Crippen LogP contribution in [0.25, 0.3) is 17.0 Å². The van der Waals surface area contributed by atoms with Gasteiger partial charge in [-0.15, -0.1) is 10.2 Å². The molecule has 1 aliphatic heterocycles. The normalized spacial score (nSPS) is 17.1. The smallest absolute Gasteiger partial charge is 0.254 e. The van der Waals surface area contributed by atoms with E-state index in [1.54, 1.807) is 37.4 Å². The van der Waals surface area contributed by atoms with E-state index in [9.17, 15) is 10.1 Å². The molecule has 2 atom stereocenters. The van der Waals surface area contributed by atoms with Crippen LogP contribution in [0.15, 0.2) is 77.5 Å². The van der Waals surface area contributed by atoms with Crippen molar-refractivity contribution in [3.63, 3.8) is 0 Å². The van der Waals surface area contributed by atoms with Crippen molar-refractivity contribution >= 4 is 11.5 Å². The lowest BCUT2D eigenvalue weighted by atomic mass is 9.94. The second-order valence-corrected chi connectivity index (χ2v) is 8.61. The largest absolute Gasteiger partial charge is 0.419 e. The lowest BCUT2D eigenvalue weighted by Crippen LogP contribution is -2.30. The first-order valence-corrected chi connectivity index (χ1v) is 11.8. The van der Waals surface area contributed by atoms with Crippen LogP contribution in [0.5, 0.6) is 0 Å². The van der Waals surface area contributed by atoms with Crippen LogP contribution < -0.4 is 5.73 Å². The molecule has 2 aromatic heterocycles. The van der Waals surface area contributed by atoms with Gasteiger partial charge in [0.15, 0.2) is 0 Å². The molecule has 2 unspecified atom stereocenters. The van der Waals surface area contributed by atoms with Crippen LogP contribution >= 0.6 is 0 Å². The third kappa shape index (κ3) is 5.02. The minimum atomic E-state index is -0.424. The average molecular weight is 481 g/mol. The Labute approximate surface area is 210 Å². The quantitative estimate of drug-likeness (QED) is 0.366. The van der Waals surface area contributed by atoms with Crippen LogP contribution in [0, 0.1) is 11.3 Å². The summed E-state index contributed by atoms with van der Waals surface area (Å²) in [5, 5.41) is 17.9. The minimum absolute atomic E-state index is 0.0529. The second kappa shape index (κ2) is 10.9. The highest BCUT2D eigenvalue weighted by Gasteiger charge is 2.31. The van der Waals surface area contributed by atoms with E-state index >= 15 is 0 Å². The van der Waals surface area contributed by atoms with E-state index in [2.05, 4.69) is 27.8 Å². The van der Waals surface area contributed by atoms with E-state index in [-0.39, 0.29) is 17.8 Å². The zero-order valence-corrected chi connectivity index (χ0v) is 20.4. The summed E-state index contributed by atoms with van der Waals surface area (Å²) in [7, 11) is 0. The van der Waals surface area contributed by atoms with Crippen molar-refractivity contribution in [2.24, 2.45) is 5.73 Å². The maximum Gasteiger partial charge on any atom is 0.254 e. The Kier molecular flexibility index (Phi) is 7.52. The number of likely N-dealkylation sites (tertiary alicyclic amines) is 1. The molecule has 8 nitrogen and oxygen atoms in total. The van der Waals surface area contributed by atoms with Crippen LogP contribution in [0.3, 0.4) is 0 Å². The topological polar surface area (TPSA) is 122 Å². The molecule has 0 aliphatic carbocycles. The van der Waals surface area contributed by atoms with Gasteiger partial charge in [0.1, 0.15) is 0 Å². The predicted octanol–water partition coefficient (Wildman–Crippen LogP) is 5.17. The summed E-state index contributed by atoms with van der Waals surface area (Å²) in [4.78, 5) is 20.0. The maximum absolute atomic E-state index is 13.9. The molecule has 8 heteroatoms. The fourth-order valence-electron chi connectivity index (χ4n) is 4.44. The van der Waals surface area contributed by atoms with Crippen molar-refractivity contribution < 1.29 is 9.21 Å². The van der Waals surface area contributed by atoms with Gasteiger partial charge >= 0.3 is 0 Å². The molecule has 2 N–H and O–H groups in total. The van der Waals surface area contributed by atoms with E-state index in [1.807, 2.05) is 42.3 Å². The number of nitrogens with zero attached hydrogens (tertiary/aromatic N) is 5. The van der Waals surface area contributed by atoms with Crippen molar-refractivity contribution in [1.82, 2.24) is 20.1 Å². The molecule has 0 bridgehead atoms. The number of amides is 1. The number of carbonyl (C=O) groups excluding carboxylic acids is 1. The van der Waals surface area contributed by atoms with Crippen LogP contribution in [-0.2, 0) is 0 Å². The molecular formula is C28H28N6O2. The lowest BCUT2D eigenvalue weighted by molar-refractivity contribution is 0.0735. The molecule has 36 heavy (non-hydrogen) atoms. The van der Waals surface area contributed by atoms with Gasteiger partial charge in [-0.1, -0.05) is 24.8 Å². The van der Waals surface area contributed by atoms with Crippen LogP contribution in [0.1, 0.15) is 66.1 Å². The first-order valence-electron chi connectivity index (χ1n) is 11.8. The van der Waals surface area contributed by atoms with Gasteiger partial charge < -0.3 is 15.1 Å². The van der Waals surface area contributed by atoms with Crippen LogP contribution in [0.4, 0.5) is 0 Å². The number of aromatic nitrogens is 3. The fraction of sp³-hybridized carbons (Fsp3) is 0.250. The maximum atomic E-state index is 13.9. The van der Waals surface area contributed by atoms with E-state index in [4.69, 9.17) is 10.2 Å². The molecule has 1 fully saturated rings. The number of hydrogen-bond acceptors (Lipinski definition) is 7. The van der Waals surface area contributed by atoms with Gasteiger partial charge in [-0.2, -0.15) is 5.26 Å². The highest BCUT2D eigenvalue weighted by Crippen LogP contribution is 2.35. The highest BCUT2D eigenvalue weighted by molar-refractivity contribution is 5.98. The Morgan fingerprint density at radius 1 is 1.33 bits per heavy atom. The average Bonchev–Trinajstić information content (AvgIpc) is 3.59. The van der Waals surface area contributed by atoms with Gasteiger partial charge in [0.05, 0.1) is 23.7 Å². The molecule has 3 aromatic rings. The molecule has 1 aromatic carbocycles. The highest BCUT2D eigenvalue weighted by atomic mass is 16.4. The molecule has 182 valence electrons. The van der Waals surface area contributed by atoms with Crippen molar-refractivity contribution in [3.05, 3.63) is 95.7 Å². The Morgan fingerprint density at radius 2 is 2.14 bits per heavy atom. The SMILES string of the molecule is C=C/C=C(C#N)\C(=C/C)c1cc(C(=O)N2CCCC2c2cccnc2)cc(-c2nnc(C(C)N)o2)c1. The predicted molar refractivity (Wildman–Crippen MR) is 137 cm³/mol. The first kappa shape index (κ1) is 24.8. The standard InChI is InChI=1S/C28H28N6O2/c1-4-8-19(16-29)24(5-2)21-13-22(27-33-32-26(36-27)18(3)30)15-23(14-21)28(35)34-12-7-10-25(34)20-9-6-11-31-17-20/h4-6,8-9,11,13-15,17-18,25H,1,7,10,12,30H2,2-3H3/b19-8-,24-5+. The van der Waals surface area contributed by atoms with E-state index < -0.39 is 6.04 Å². The summed E-state index contributed by atoms with van der Waals surface area (Å²) in [5.41, 5.74) is 9.74. The molecule has 3 heterocycles. The van der Waals surface area contributed by atoms with E-state index in [0.29, 0.717) is 40.3 Å². The fourth-order valence-corrected chi connectivity index (χ4v) is 4.44. The zero-order chi connectivity index (χ0) is 25.7. The number of pyridine rings is 1. The van der Waals surface area contributed by atoms with E-state index in [0.717, 1.165) is 18.4 Å². The Bertz CT molecular complexity index is 1360. The lowest BCUT2D eigenvalue weighted by Gasteiger charge is -2.25. The van der Waals surface area contributed by atoms with Gasteiger partial charge in [-0.25, -0.2) is 0 Å². The van der Waals surface area contributed by atoms with Crippen molar-refractivity contribution in [1.29, 1.82) is 5.26 Å². The van der Waals surface area contributed by atoms with Crippen molar-refractivity contribution in [2.45, 2.75) is 38.8 Å². The number of carbonyl (C=O) groups is 1. The summed E-state index contributed by atoms with van der Waals surface area (Å²) >= 11 is 0. The monoisotopic (exact) mass is 480 g/mol. The van der Waals surface area contributed by atoms with Crippen molar-refractivity contribution in [3.8, 4) is 17.5 Å². The third-order valence-electron chi connectivity index (χ3n) is 6.13. The molecule has 0 spiro atoms. The first-order chi connectivity index (χ1) is 17.5. The van der Waals surface area contributed by atoms with Gasteiger partial charge in [0.25, 0.3) is 5.91 Å². The summed E-state index contributed by atoms with van der Waals surface area (Å²) in [6.45, 7) is 7.96. The summed E-state index contributed by atoms with van der Waals surface area (Å²) in [5.74, 6) is 0.443. The number of benzene rings is 1. The summed E-state index contributed by atoms with van der Waals surface area (Å²) in [6, 6.07) is 11.0. The number of allylic oxidation sites excluding steroid dienone is 5. The molecular weight excluding hydrogens is 452 g/mol. The summed E-state index contributed by atoms with van der Waals surface area (Å²) in [6.07, 6.45) is 10.3. The Balaban J connectivity index is 1.82. The van der Waals surface area contributed by atoms with E-state index in [1.165, 1.54) is 0 Å². The van der Waals surface area contributed by atoms with Crippen LogP contribution in [0.2, 0.25) is 0 Å². The Morgan fingerprint density at radius 3 is 2.78 bits per heavy atom. The zero-order valence-electron chi connectivity index (χ0n) is 20.4. The molecule has 1 saturated heterocycles. The summed E-state index contributed by atoms with van der Waals surface area (Å²) < 4.78 is 5.79. The van der Waals surface area contributed by atoms with Crippen LogP contribution in [-0.4, -0.2) is 32.5 Å². The van der Waals surface area contributed by atoms with Gasteiger partial charge in [-0.3, -0.25) is 9.78 Å². The van der Waals surface area contributed by atoms with Gasteiger partial charge in [0, 0.05) is 30.1 Å². The molecule has 1 amide bonds. The number of nitriles is 1. The molecule has 0 radical (unpaired) electrons. The number of hydrogen-bond donors (Lipinski definition) is 1. The molecule has 1 aliphatic rings. The number of rotatable bonds is 7. The second-order valence-electron chi connectivity index (χ2n) is 8.61. The third-order valence-corrected chi connectivity index (χ3v) is 6.13. The minimum Gasteiger partial charge on any atom is -0.419 e. The Hall–Kier alpha value is -4.35. The van der Waals surface area contributed by atoms with Crippen molar-refractivity contribution in [2.75, 3.05) is 6.54 Å². The molecule has 0 saturated carbocycles. The number of nitrogens with two attached hydrogens (primary N) is 1. The van der Waals surface area contributed by atoms with Gasteiger partial charge in [-0.05, 0) is 73.7 Å². The molecule has 4 rings (SSSR count).